The summed E-state index contributed by atoms with van der Waals surface area (Å²) in [6, 6.07) is 11.3. The number of fused-ring (bicyclic) bond motifs is 3. The van der Waals surface area contributed by atoms with E-state index in [-0.39, 0.29) is 5.69 Å². The Bertz CT molecular complexity index is 833. The van der Waals surface area contributed by atoms with Crippen LogP contribution in [0.4, 0.5) is 24.5 Å². The van der Waals surface area contributed by atoms with E-state index in [0.29, 0.717) is 23.1 Å². The first-order valence-electron chi connectivity index (χ1n) is 7.12. The largest absolute Gasteiger partial charge is 0.858 e. The van der Waals surface area contributed by atoms with E-state index >= 15 is 0 Å². The molecule has 1 N–H and O–H groups in total. The maximum absolute atomic E-state index is 12.7. The Kier molecular flexibility index (Phi) is 3.03. The second kappa shape index (κ2) is 4.89. The van der Waals surface area contributed by atoms with Gasteiger partial charge in [-0.05, 0) is 35.9 Å². The van der Waals surface area contributed by atoms with Gasteiger partial charge in [0.1, 0.15) is 0 Å². The van der Waals surface area contributed by atoms with Crippen molar-refractivity contribution in [2.24, 2.45) is 0 Å². The lowest BCUT2D eigenvalue weighted by Crippen LogP contribution is -2.45. The SMILES string of the molecule is [O-]C1=C2Cc3ccccc3N2N(O)N1c1ccc(C(F)(F)F)cc1. The number of anilines is 2. The van der Waals surface area contributed by atoms with Crippen LogP contribution in [0.3, 0.4) is 0 Å². The van der Waals surface area contributed by atoms with Gasteiger partial charge in [-0.3, -0.25) is 5.21 Å². The lowest BCUT2D eigenvalue weighted by atomic mass is 10.1. The van der Waals surface area contributed by atoms with Crippen LogP contribution >= 0.6 is 0 Å². The molecule has 2 heterocycles. The molecule has 0 radical (unpaired) electrons. The molecule has 2 aliphatic heterocycles. The first-order valence-corrected chi connectivity index (χ1v) is 7.12. The third-order valence-electron chi connectivity index (χ3n) is 4.07. The van der Waals surface area contributed by atoms with E-state index in [1.165, 1.54) is 5.01 Å². The minimum Gasteiger partial charge on any atom is -0.858 e. The predicted octanol–water partition coefficient (Wildman–Crippen LogP) is 2.64. The lowest BCUT2D eigenvalue weighted by molar-refractivity contribution is -0.314. The molecule has 24 heavy (non-hydrogen) atoms. The van der Waals surface area contributed by atoms with Crippen LogP contribution in [-0.2, 0) is 12.6 Å². The molecular formula is C16H11F3N3O2-. The van der Waals surface area contributed by atoms with Crippen LogP contribution in [0.1, 0.15) is 11.1 Å². The van der Waals surface area contributed by atoms with Gasteiger partial charge in [0, 0.05) is 17.6 Å². The number of halogens is 3. The molecule has 2 aliphatic rings. The molecular weight excluding hydrogens is 323 g/mol. The van der Waals surface area contributed by atoms with Crippen molar-refractivity contribution in [3.8, 4) is 0 Å². The summed E-state index contributed by atoms with van der Waals surface area (Å²) in [6.45, 7) is 0. The highest BCUT2D eigenvalue weighted by Crippen LogP contribution is 2.42. The third-order valence-corrected chi connectivity index (χ3v) is 4.07. The Balaban J connectivity index is 1.71. The molecule has 2 aromatic rings. The molecule has 0 saturated carbocycles. The monoisotopic (exact) mass is 334 g/mol. The van der Waals surface area contributed by atoms with E-state index in [1.807, 2.05) is 12.1 Å². The van der Waals surface area contributed by atoms with E-state index in [4.69, 9.17) is 0 Å². The Morgan fingerprint density at radius 1 is 0.958 bits per heavy atom. The fourth-order valence-corrected chi connectivity index (χ4v) is 2.94. The Morgan fingerprint density at radius 3 is 2.29 bits per heavy atom. The van der Waals surface area contributed by atoms with Gasteiger partial charge in [-0.25, -0.2) is 10.0 Å². The summed E-state index contributed by atoms with van der Waals surface area (Å²) in [7, 11) is 0. The summed E-state index contributed by atoms with van der Waals surface area (Å²) < 4.78 is 38.0. The van der Waals surface area contributed by atoms with E-state index in [1.54, 1.807) is 12.1 Å². The van der Waals surface area contributed by atoms with Gasteiger partial charge in [-0.15, -0.1) is 0 Å². The summed E-state index contributed by atoms with van der Waals surface area (Å²) in [5.41, 5.74) is 1.24. The van der Waals surface area contributed by atoms with Crippen molar-refractivity contribution in [2.75, 3.05) is 10.0 Å². The van der Waals surface area contributed by atoms with Crippen molar-refractivity contribution >= 4 is 11.4 Å². The summed E-state index contributed by atoms with van der Waals surface area (Å²) in [6.07, 6.45) is -4.11. The number of para-hydroxylation sites is 1. The fourth-order valence-electron chi connectivity index (χ4n) is 2.94. The van der Waals surface area contributed by atoms with E-state index < -0.39 is 17.6 Å². The van der Waals surface area contributed by atoms with Crippen molar-refractivity contribution in [3.05, 3.63) is 71.2 Å². The lowest BCUT2D eigenvalue weighted by Gasteiger charge is -2.32. The molecule has 124 valence electrons. The van der Waals surface area contributed by atoms with Crippen LogP contribution in [0, 0.1) is 0 Å². The van der Waals surface area contributed by atoms with Crippen LogP contribution in [0.25, 0.3) is 0 Å². The Labute approximate surface area is 135 Å². The highest BCUT2D eigenvalue weighted by atomic mass is 19.4. The van der Waals surface area contributed by atoms with Gasteiger partial charge in [0.15, 0.2) is 0 Å². The first kappa shape index (κ1) is 14.9. The number of nitrogens with zero attached hydrogens (tertiary/aromatic N) is 3. The minimum absolute atomic E-state index is 0.148. The van der Waals surface area contributed by atoms with E-state index in [9.17, 15) is 23.5 Å². The van der Waals surface area contributed by atoms with Crippen molar-refractivity contribution in [2.45, 2.75) is 12.6 Å². The van der Waals surface area contributed by atoms with Gasteiger partial charge in [0.2, 0.25) is 0 Å². The predicted molar refractivity (Wildman–Crippen MR) is 77.2 cm³/mol. The van der Waals surface area contributed by atoms with Crippen LogP contribution in [0.2, 0.25) is 0 Å². The molecule has 0 aliphatic carbocycles. The third kappa shape index (κ3) is 2.04. The fraction of sp³-hybridized carbons (Fsp3) is 0.125. The van der Waals surface area contributed by atoms with Gasteiger partial charge in [-0.2, -0.15) is 13.2 Å². The molecule has 4 rings (SSSR count). The second-order valence-corrected chi connectivity index (χ2v) is 5.49. The number of hydrogen-bond acceptors (Lipinski definition) is 5. The van der Waals surface area contributed by atoms with Gasteiger partial charge in [0.25, 0.3) is 0 Å². The highest BCUT2D eigenvalue weighted by molar-refractivity contribution is 5.68. The summed E-state index contributed by atoms with van der Waals surface area (Å²) in [5, 5.41) is 25.9. The van der Waals surface area contributed by atoms with Crippen molar-refractivity contribution < 1.29 is 23.5 Å². The second-order valence-electron chi connectivity index (χ2n) is 5.49. The molecule has 0 unspecified atom stereocenters. The smallest absolute Gasteiger partial charge is 0.416 e. The Morgan fingerprint density at radius 2 is 1.62 bits per heavy atom. The van der Waals surface area contributed by atoms with E-state index in [0.717, 1.165) is 34.8 Å². The number of rotatable bonds is 1. The first-order chi connectivity index (χ1) is 11.4. The molecule has 0 saturated heterocycles. The van der Waals surface area contributed by atoms with Crippen LogP contribution in [-0.4, -0.2) is 10.5 Å². The number of hydrogen-bond donors (Lipinski definition) is 1. The van der Waals surface area contributed by atoms with Crippen LogP contribution in [0.15, 0.2) is 60.1 Å². The normalized spacial score (nSPS) is 17.5. The standard InChI is InChI=1S/C16H12F3N3O2/c17-16(18,19)11-5-7-12(8-6-11)20-15(23)14-9-10-3-1-2-4-13(10)21(14)22(20)24/h1-8,23-24H,9H2/p-1. The highest BCUT2D eigenvalue weighted by Gasteiger charge is 2.39. The molecule has 0 bridgehead atoms. The average Bonchev–Trinajstić information content (AvgIpc) is 3.04. The summed E-state index contributed by atoms with van der Waals surface area (Å²) >= 11 is 0. The number of alkyl halides is 3. The number of allylic oxidation sites excluding steroid dienone is 1. The topological polar surface area (TPSA) is 53.0 Å². The zero-order chi connectivity index (χ0) is 17.1. The van der Waals surface area contributed by atoms with Crippen molar-refractivity contribution in [1.29, 1.82) is 0 Å². The molecule has 0 aromatic heterocycles. The summed E-state index contributed by atoms with van der Waals surface area (Å²) in [5.74, 6) is -0.478. The van der Waals surface area contributed by atoms with E-state index in [2.05, 4.69) is 0 Å². The minimum atomic E-state index is -4.46. The van der Waals surface area contributed by atoms with Crippen molar-refractivity contribution in [3.63, 3.8) is 0 Å². The molecule has 8 heteroatoms. The van der Waals surface area contributed by atoms with Crippen LogP contribution in [0.5, 0.6) is 0 Å². The molecule has 0 fully saturated rings. The Hall–Kier alpha value is -2.71. The number of hydrazine groups is 2. The maximum atomic E-state index is 12.7. The summed E-state index contributed by atoms with van der Waals surface area (Å²) in [4.78, 5) is 0. The molecule has 2 aromatic carbocycles. The molecule has 0 spiro atoms. The average molecular weight is 334 g/mol. The maximum Gasteiger partial charge on any atom is 0.416 e. The van der Waals surface area contributed by atoms with Crippen molar-refractivity contribution in [1.82, 2.24) is 5.28 Å². The van der Waals surface area contributed by atoms with Gasteiger partial charge >= 0.3 is 6.18 Å². The van der Waals surface area contributed by atoms with Gasteiger partial charge in [0.05, 0.1) is 22.6 Å². The van der Waals surface area contributed by atoms with Crippen LogP contribution < -0.4 is 15.1 Å². The molecule has 5 nitrogen and oxygen atoms in total. The number of benzene rings is 2. The quantitative estimate of drug-likeness (QED) is 0.869. The molecule has 0 amide bonds. The molecule has 0 atom stereocenters. The van der Waals surface area contributed by atoms with Gasteiger partial charge < -0.3 is 5.11 Å². The zero-order valence-electron chi connectivity index (χ0n) is 12.2. The van der Waals surface area contributed by atoms with Gasteiger partial charge in [-0.1, -0.05) is 18.2 Å². The zero-order valence-corrected chi connectivity index (χ0v) is 12.2.